The SMILES string of the molecule is CCOC(=O)/C=C/C=C/C=C/CCCC1=C2CCCCC2C(=O)C1. The number of carbonyl (C=O) groups is 2. The number of unbranched alkanes of at least 4 members (excludes halogenated alkanes) is 1. The summed E-state index contributed by atoms with van der Waals surface area (Å²) in [5.74, 6) is 0.428. The van der Waals surface area contributed by atoms with E-state index in [1.807, 2.05) is 18.2 Å². The third-order valence-electron chi connectivity index (χ3n) is 4.68. The monoisotopic (exact) mass is 328 g/mol. The Hall–Kier alpha value is -1.90. The van der Waals surface area contributed by atoms with Gasteiger partial charge in [-0.05, 0) is 45.4 Å². The van der Waals surface area contributed by atoms with E-state index in [0.717, 1.165) is 32.1 Å². The number of hydrogen-bond acceptors (Lipinski definition) is 3. The van der Waals surface area contributed by atoms with E-state index in [2.05, 4.69) is 6.08 Å². The zero-order valence-corrected chi connectivity index (χ0v) is 14.6. The number of ether oxygens (including phenoxy) is 1. The van der Waals surface area contributed by atoms with Crippen LogP contribution < -0.4 is 0 Å². The van der Waals surface area contributed by atoms with E-state index < -0.39 is 0 Å². The number of hydrogen-bond donors (Lipinski definition) is 0. The average molecular weight is 328 g/mol. The highest BCUT2D eigenvalue weighted by atomic mass is 16.5. The second-order valence-corrected chi connectivity index (χ2v) is 6.39. The molecule has 0 N–H and O–H groups in total. The molecule has 3 nitrogen and oxygen atoms in total. The maximum absolute atomic E-state index is 12.0. The van der Waals surface area contributed by atoms with Gasteiger partial charge in [-0.2, -0.15) is 0 Å². The van der Waals surface area contributed by atoms with Crippen molar-refractivity contribution in [3.8, 4) is 0 Å². The van der Waals surface area contributed by atoms with Gasteiger partial charge < -0.3 is 4.74 Å². The molecule has 2 rings (SSSR count). The Morgan fingerprint density at radius 3 is 2.88 bits per heavy atom. The summed E-state index contributed by atoms with van der Waals surface area (Å²) < 4.78 is 4.79. The van der Waals surface area contributed by atoms with E-state index in [-0.39, 0.29) is 11.9 Å². The smallest absolute Gasteiger partial charge is 0.330 e. The van der Waals surface area contributed by atoms with Gasteiger partial charge in [0.15, 0.2) is 0 Å². The van der Waals surface area contributed by atoms with Crippen molar-refractivity contribution < 1.29 is 14.3 Å². The van der Waals surface area contributed by atoms with E-state index in [0.29, 0.717) is 18.8 Å². The van der Waals surface area contributed by atoms with Gasteiger partial charge in [0.25, 0.3) is 0 Å². The summed E-state index contributed by atoms with van der Waals surface area (Å²) in [6.07, 6.45) is 19.6. The lowest BCUT2D eigenvalue weighted by atomic mass is 9.84. The molecule has 3 heteroatoms. The van der Waals surface area contributed by atoms with Gasteiger partial charge in [0.2, 0.25) is 0 Å². The van der Waals surface area contributed by atoms with Crippen LogP contribution in [0.4, 0.5) is 0 Å². The van der Waals surface area contributed by atoms with E-state index in [9.17, 15) is 9.59 Å². The number of rotatable bonds is 8. The van der Waals surface area contributed by atoms with Gasteiger partial charge in [-0.25, -0.2) is 4.79 Å². The molecule has 0 radical (unpaired) electrons. The molecule has 130 valence electrons. The van der Waals surface area contributed by atoms with Gasteiger partial charge in [0.05, 0.1) is 6.61 Å². The maximum Gasteiger partial charge on any atom is 0.330 e. The number of esters is 1. The molecular weight excluding hydrogens is 300 g/mol. The summed E-state index contributed by atoms with van der Waals surface area (Å²) in [5, 5.41) is 0. The lowest BCUT2D eigenvalue weighted by molar-refractivity contribution is -0.137. The number of carbonyl (C=O) groups excluding carboxylic acids is 2. The summed E-state index contributed by atoms with van der Waals surface area (Å²) in [4.78, 5) is 23.1. The van der Waals surface area contributed by atoms with Crippen molar-refractivity contribution in [2.75, 3.05) is 6.61 Å². The highest BCUT2D eigenvalue weighted by Gasteiger charge is 2.33. The Kier molecular flexibility index (Phi) is 7.73. The lowest BCUT2D eigenvalue weighted by Gasteiger charge is -2.20. The van der Waals surface area contributed by atoms with Crippen molar-refractivity contribution in [3.05, 3.63) is 47.6 Å². The van der Waals surface area contributed by atoms with Crippen LogP contribution in [0.2, 0.25) is 0 Å². The van der Waals surface area contributed by atoms with Crippen LogP contribution in [0.5, 0.6) is 0 Å². The van der Waals surface area contributed by atoms with Crippen LogP contribution in [0.25, 0.3) is 0 Å². The van der Waals surface area contributed by atoms with Crippen LogP contribution in [-0.4, -0.2) is 18.4 Å². The van der Waals surface area contributed by atoms with Crippen molar-refractivity contribution >= 4 is 11.8 Å². The predicted octanol–water partition coefficient (Wildman–Crippen LogP) is 4.85. The Morgan fingerprint density at radius 2 is 2.04 bits per heavy atom. The van der Waals surface area contributed by atoms with Crippen LogP contribution >= 0.6 is 0 Å². The van der Waals surface area contributed by atoms with Crippen LogP contribution in [0.3, 0.4) is 0 Å². The normalized spacial score (nSPS) is 21.4. The molecule has 1 saturated carbocycles. The molecule has 0 bridgehead atoms. The summed E-state index contributed by atoms with van der Waals surface area (Å²) in [6.45, 7) is 2.19. The van der Waals surface area contributed by atoms with Crippen LogP contribution in [0.1, 0.15) is 58.3 Å². The molecule has 0 saturated heterocycles. The Morgan fingerprint density at radius 1 is 1.21 bits per heavy atom. The minimum Gasteiger partial charge on any atom is -0.463 e. The topological polar surface area (TPSA) is 43.4 Å². The van der Waals surface area contributed by atoms with Crippen molar-refractivity contribution in [2.24, 2.45) is 5.92 Å². The summed E-state index contributed by atoms with van der Waals surface area (Å²) >= 11 is 0. The van der Waals surface area contributed by atoms with Gasteiger partial charge in [0.1, 0.15) is 5.78 Å². The second kappa shape index (κ2) is 10.1. The van der Waals surface area contributed by atoms with Crippen molar-refractivity contribution in [1.29, 1.82) is 0 Å². The fourth-order valence-electron chi connectivity index (χ4n) is 3.55. The Balaban J connectivity index is 1.66. The zero-order chi connectivity index (χ0) is 17.2. The number of Topliss-reactive ketones (excluding diaryl/α,β-unsaturated/α-hetero) is 1. The maximum atomic E-state index is 12.0. The average Bonchev–Trinajstić information content (AvgIpc) is 2.90. The summed E-state index contributed by atoms with van der Waals surface area (Å²) in [6, 6.07) is 0. The molecule has 2 aliphatic carbocycles. The summed E-state index contributed by atoms with van der Waals surface area (Å²) in [5.41, 5.74) is 2.92. The predicted molar refractivity (Wildman–Crippen MR) is 96.5 cm³/mol. The lowest BCUT2D eigenvalue weighted by Crippen LogP contribution is -2.13. The third-order valence-corrected chi connectivity index (χ3v) is 4.68. The largest absolute Gasteiger partial charge is 0.463 e. The van der Waals surface area contributed by atoms with Crippen molar-refractivity contribution in [3.63, 3.8) is 0 Å². The first kappa shape index (κ1) is 18.4. The van der Waals surface area contributed by atoms with Crippen molar-refractivity contribution in [2.45, 2.75) is 58.3 Å². The highest BCUT2D eigenvalue weighted by molar-refractivity contribution is 5.89. The first-order valence-electron chi connectivity index (χ1n) is 9.12. The van der Waals surface area contributed by atoms with E-state index >= 15 is 0 Å². The van der Waals surface area contributed by atoms with Gasteiger partial charge in [0, 0.05) is 18.4 Å². The molecule has 0 aromatic heterocycles. The van der Waals surface area contributed by atoms with Crippen molar-refractivity contribution in [1.82, 2.24) is 0 Å². The standard InChI is InChI=1S/C21H28O3/c1-2-24-21(23)15-9-7-5-3-4-6-8-12-17-16-20(22)19-14-11-10-13-18(17)19/h3-5,7,9,15,19H,2,6,8,10-14,16H2,1H3/b4-3+,7-5+,15-9+. The quantitative estimate of drug-likeness (QED) is 0.210. The molecular formula is C21H28O3. The number of allylic oxidation sites excluding steroid dienone is 7. The molecule has 0 spiro atoms. The molecule has 0 aliphatic heterocycles. The van der Waals surface area contributed by atoms with Crippen LogP contribution in [-0.2, 0) is 14.3 Å². The molecule has 0 amide bonds. The number of ketones is 1. The summed E-state index contributed by atoms with van der Waals surface area (Å²) in [7, 11) is 0. The first-order chi connectivity index (χ1) is 11.7. The molecule has 0 aromatic carbocycles. The number of fused-ring (bicyclic) bond motifs is 1. The fourth-order valence-corrected chi connectivity index (χ4v) is 3.55. The van der Waals surface area contributed by atoms with Gasteiger partial charge in [-0.1, -0.05) is 47.9 Å². The fraction of sp³-hybridized carbons (Fsp3) is 0.524. The molecule has 0 heterocycles. The highest BCUT2D eigenvalue weighted by Crippen LogP contribution is 2.41. The van der Waals surface area contributed by atoms with Gasteiger partial charge in [-0.3, -0.25) is 4.79 Å². The zero-order valence-electron chi connectivity index (χ0n) is 14.6. The van der Waals surface area contributed by atoms with Gasteiger partial charge >= 0.3 is 5.97 Å². The molecule has 1 unspecified atom stereocenters. The Bertz CT molecular complexity index is 564. The minimum atomic E-state index is -0.312. The Labute approximate surface area is 145 Å². The second-order valence-electron chi connectivity index (χ2n) is 6.39. The molecule has 1 fully saturated rings. The molecule has 2 aliphatic rings. The van der Waals surface area contributed by atoms with Gasteiger partial charge in [-0.15, -0.1) is 0 Å². The van der Waals surface area contributed by atoms with Crippen LogP contribution in [0, 0.1) is 5.92 Å². The molecule has 0 aromatic rings. The van der Waals surface area contributed by atoms with E-state index in [4.69, 9.17) is 4.74 Å². The third kappa shape index (κ3) is 5.63. The van der Waals surface area contributed by atoms with E-state index in [1.54, 1.807) is 13.0 Å². The van der Waals surface area contributed by atoms with Crippen LogP contribution in [0.15, 0.2) is 47.6 Å². The molecule has 1 atom stereocenters. The first-order valence-corrected chi connectivity index (χ1v) is 9.12. The van der Waals surface area contributed by atoms with E-state index in [1.165, 1.54) is 30.1 Å². The molecule has 24 heavy (non-hydrogen) atoms. The minimum absolute atomic E-state index is 0.276.